The summed E-state index contributed by atoms with van der Waals surface area (Å²) in [5.74, 6) is 0.372. The van der Waals surface area contributed by atoms with Gasteiger partial charge in [-0.1, -0.05) is 13.3 Å². The molecule has 1 heterocycles. The van der Waals surface area contributed by atoms with Crippen LogP contribution < -0.4 is 9.47 Å². The zero-order chi connectivity index (χ0) is 16.7. The fourth-order valence-electron chi connectivity index (χ4n) is 2.17. The third-order valence-electron chi connectivity index (χ3n) is 3.51. The quantitative estimate of drug-likeness (QED) is 0.592. The van der Waals surface area contributed by atoms with Gasteiger partial charge in [0.2, 0.25) is 5.41 Å². The summed E-state index contributed by atoms with van der Waals surface area (Å²) in [7, 11) is 0. The highest BCUT2D eigenvalue weighted by Crippen LogP contribution is 2.28. The monoisotopic (exact) mass is 319 g/mol. The number of esters is 1. The molecule has 1 aromatic carbocycles. The van der Waals surface area contributed by atoms with Crippen molar-refractivity contribution in [3.05, 3.63) is 24.3 Å². The van der Waals surface area contributed by atoms with Gasteiger partial charge in [-0.2, -0.15) is 5.26 Å². The van der Waals surface area contributed by atoms with Crippen molar-refractivity contribution in [2.45, 2.75) is 33.0 Å². The summed E-state index contributed by atoms with van der Waals surface area (Å²) in [5.41, 5.74) is -1.43. The van der Waals surface area contributed by atoms with Crippen LogP contribution in [-0.4, -0.2) is 32.1 Å². The molecule has 0 bridgehead atoms. The molecule has 6 nitrogen and oxygen atoms in total. The fourth-order valence-corrected chi connectivity index (χ4v) is 2.17. The Labute approximate surface area is 135 Å². The smallest absolute Gasteiger partial charge is 0.336 e. The number of hydrogen-bond donors (Lipinski definition) is 0. The maximum absolute atomic E-state index is 12.4. The van der Waals surface area contributed by atoms with Crippen molar-refractivity contribution in [1.29, 1.82) is 5.26 Å². The molecular weight excluding hydrogens is 298 g/mol. The van der Waals surface area contributed by atoms with Crippen LogP contribution in [0.15, 0.2) is 24.3 Å². The number of ether oxygens (including phenoxy) is 4. The number of carbonyl (C=O) groups excluding carboxylic acids is 1. The third kappa shape index (κ3) is 4.21. The molecule has 0 amide bonds. The molecule has 0 radical (unpaired) electrons. The minimum atomic E-state index is -1.43. The average molecular weight is 319 g/mol. The summed E-state index contributed by atoms with van der Waals surface area (Å²) in [4.78, 5) is 12.4. The van der Waals surface area contributed by atoms with Crippen LogP contribution in [0.25, 0.3) is 0 Å². The number of nitriles is 1. The van der Waals surface area contributed by atoms with Crippen molar-refractivity contribution in [3.8, 4) is 17.6 Å². The Morgan fingerprint density at radius 2 is 1.87 bits per heavy atom. The SMILES string of the molecule is CCCC1OCC(C#N)(C(=O)Oc2ccc(OCC)cc2)CO1. The van der Waals surface area contributed by atoms with E-state index in [1.807, 2.05) is 19.9 Å². The first-order valence-corrected chi connectivity index (χ1v) is 7.73. The van der Waals surface area contributed by atoms with Crippen molar-refractivity contribution in [2.75, 3.05) is 19.8 Å². The van der Waals surface area contributed by atoms with E-state index in [0.29, 0.717) is 18.1 Å². The van der Waals surface area contributed by atoms with Gasteiger partial charge in [0.05, 0.1) is 25.9 Å². The molecule has 23 heavy (non-hydrogen) atoms. The van der Waals surface area contributed by atoms with Crippen LogP contribution in [-0.2, 0) is 14.3 Å². The molecule has 1 aromatic rings. The molecule has 1 aliphatic rings. The van der Waals surface area contributed by atoms with Crippen LogP contribution in [0.2, 0.25) is 0 Å². The molecule has 1 saturated heterocycles. The summed E-state index contributed by atoms with van der Waals surface area (Å²) in [6.07, 6.45) is 1.27. The zero-order valence-corrected chi connectivity index (χ0v) is 13.4. The largest absolute Gasteiger partial charge is 0.494 e. The first-order chi connectivity index (χ1) is 11.1. The summed E-state index contributed by atoms with van der Waals surface area (Å²) in [6.45, 7) is 4.41. The highest BCUT2D eigenvalue weighted by molar-refractivity contribution is 5.82. The van der Waals surface area contributed by atoms with Gasteiger partial charge in [0.1, 0.15) is 11.5 Å². The van der Waals surface area contributed by atoms with Gasteiger partial charge in [-0.25, -0.2) is 4.79 Å². The van der Waals surface area contributed by atoms with Gasteiger partial charge in [0, 0.05) is 0 Å². The van der Waals surface area contributed by atoms with E-state index in [1.54, 1.807) is 24.3 Å². The molecule has 0 saturated carbocycles. The van der Waals surface area contributed by atoms with Crippen molar-refractivity contribution in [1.82, 2.24) is 0 Å². The van der Waals surface area contributed by atoms with Crippen molar-refractivity contribution in [3.63, 3.8) is 0 Å². The van der Waals surface area contributed by atoms with E-state index in [9.17, 15) is 10.1 Å². The first-order valence-electron chi connectivity index (χ1n) is 7.73. The minimum Gasteiger partial charge on any atom is -0.494 e. The van der Waals surface area contributed by atoms with Gasteiger partial charge in [-0.05, 0) is 37.6 Å². The predicted octanol–water partition coefficient (Wildman–Crippen LogP) is 2.67. The molecule has 0 spiro atoms. The second-order valence-corrected chi connectivity index (χ2v) is 5.33. The molecule has 2 rings (SSSR count). The fraction of sp³-hybridized carbons (Fsp3) is 0.529. The molecule has 0 unspecified atom stereocenters. The number of rotatable bonds is 6. The van der Waals surface area contributed by atoms with Crippen LogP contribution in [0, 0.1) is 16.7 Å². The standard InChI is InChI=1S/C17H21NO5/c1-3-5-15-21-11-17(10-18,12-22-15)16(19)23-14-8-6-13(7-9-14)20-4-2/h6-9,15H,3-5,11-12H2,1-2H3. The van der Waals surface area contributed by atoms with Gasteiger partial charge in [0.25, 0.3) is 0 Å². The van der Waals surface area contributed by atoms with Crippen LogP contribution in [0.3, 0.4) is 0 Å². The van der Waals surface area contributed by atoms with Crippen molar-refractivity contribution >= 4 is 5.97 Å². The van der Waals surface area contributed by atoms with Gasteiger partial charge >= 0.3 is 5.97 Å². The Kier molecular flexibility index (Phi) is 5.97. The van der Waals surface area contributed by atoms with E-state index < -0.39 is 11.4 Å². The Morgan fingerprint density at radius 3 is 2.39 bits per heavy atom. The van der Waals surface area contributed by atoms with Gasteiger partial charge < -0.3 is 18.9 Å². The second kappa shape index (κ2) is 7.95. The van der Waals surface area contributed by atoms with Gasteiger partial charge in [0.15, 0.2) is 6.29 Å². The minimum absolute atomic E-state index is 0.0238. The Hall–Kier alpha value is -2.10. The molecule has 6 heteroatoms. The molecule has 1 aliphatic heterocycles. The van der Waals surface area contributed by atoms with E-state index in [4.69, 9.17) is 18.9 Å². The summed E-state index contributed by atoms with van der Waals surface area (Å²) in [5, 5.41) is 9.39. The van der Waals surface area contributed by atoms with E-state index in [2.05, 4.69) is 0 Å². The van der Waals surface area contributed by atoms with Crippen LogP contribution in [0.5, 0.6) is 11.5 Å². The van der Waals surface area contributed by atoms with Crippen LogP contribution >= 0.6 is 0 Å². The van der Waals surface area contributed by atoms with Crippen molar-refractivity contribution in [2.24, 2.45) is 5.41 Å². The summed E-state index contributed by atoms with van der Waals surface area (Å²) < 4.78 is 21.6. The van der Waals surface area contributed by atoms with E-state index in [-0.39, 0.29) is 19.5 Å². The van der Waals surface area contributed by atoms with Crippen molar-refractivity contribution < 1.29 is 23.7 Å². The van der Waals surface area contributed by atoms with Crippen LogP contribution in [0.1, 0.15) is 26.7 Å². The molecule has 0 atom stereocenters. The van der Waals surface area contributed by atoms with E-state index in [0.717, 1.165) is 12.8 Å². The lowest BCUT2D eigenvalue weighted by Crippen LogP contribution is -2.48. The molecule has 1 fully saturated rings. The third-order valence-corrected chi connectivity index (χ3v) is 3.51. The highest BCUT2D eigenvalue weighted by Gasteiger charge is 2.46. The summed E-state index contributed by atoms with van der Waals surface area (Å²) in [6, 6.07) is 8.64. The number of hydrogen-bond acceptors (Lipinski definition) is 6. The number of benzene rings is 1. The maximum Gasteiger partial charge on any atom is 0.336 e. The average Bonchev–Trinajstić information content (AvgIpc) is 2.58. The molecule has 0 N–H and O–H groups in total. The number of carbonyl (C=O) groups is 1. The Balaban J connectivity index is 1.99. The van der Waals surface area contributed by atoms with Gasteiger partial charge in [-0.15, -0.1) is 0 Å². The van der Waals surface area contributed by atoms with E-state index >= 15 is 0 Å². The topological polar surface area (TPSA) is 77.8 Å². The predicted molar refractivity (Wildman–Crippen MR) is 81.9 cm³/mol. The molecule has 0 aromatic heterocycles. The Morgan fingerprint density at radius 1 is 1.26 bits per heavy atom. The number of nitrogens with zero attached hydrogens (tertiary/aromatic N) is 1. The van der Waals surface area contributed by atoms with Crippen LogP contribution in [0.4, 0.5) is 0 Å². The molecular formula is C17H21NO5. The summed E-state index contributed by atoms with van der Waals surface area (Å²) >= 11 is 0. The van der Waals surface area contributed by atoms with E-state index in [1.165, 1.54) is 0 Å². The lowest BCUT2D eigenvalue weighted by Gasteiger charge is -2.33. The Bertz CT molecular complexity index is 555. The maximum atomic E-state index is 12.4. The highest BCUT2D eigenvalue weighted by atomic mass is 16.7. The molecule has 124 valence electrons. The molecule has 0 aliphatic carbocycles. The lowest BCUT2D eigenvalue weighted by atomic mass is 9.91. The second-order valence-electron chi connectivity index (χ2n) is 5.33. The zero-order valence-electron chi connectivity index (χ0n) is 13.4. The van der Waals surface area contributed by atoms with Gasteiger partial charge in [-0.3, -0.25) is 0 Å². The normalized spacial score (nSPS) is 23.8. The first kappa shape index (κ1) is 17.3. The lowest BCUT2D eigenvalue weighted by molar-refractivity contribution is -0.222.